The van der Waals surface area contributed by atoms with E-state index in [0.29, 0.717) is 11.4 Å². The van der Waals surface area contributed by atoms with Crippen molar-refractivity contribution >= 4 is 34.7 Å². The molecule has 0 saturated carbocycles. The Morgan fingerprint density at radius 1 is 1.12 bits per heavy atom. The van der Waals surface area contributed by atoms with E-state index in [1.54, 1.807) is 41.5 Å². The summed E-state index contributed by atoms with van der Waals surface area (Å²) in [4.78, 5) is 16.2. The Balaban J connectivity index is 1.77. The number of methoxy groups -OCH3 is 1. The first-order valence-corrected chi connectivity index (χ1v) is 9.88. The van der Waals surface area contributed by atoms with Crippen molar-refractivity contribution in [3.63, 3.8) is 0 Å². The molecule has 0 unspecified atom stereocenters. The third-order valence-corrected chi connectivity index (χ3v) is 5.66. The topological polar surface area (TPSA) is 29.5 Å². The Morgan fingerprint density at radius 3 is 2.54 bits per heavy atom. The maximum absolute atomic E-state index is 13.8. The number of hydrogen-bond donors (Lipinski definition) is 0. The van der Waals surface area contributed by atoms with Gasteiger partial charge in [-0.05, 0) is 47.8 Å². The summed E-state index contributed by atoms with van der Waals surface area (Å²) in [5.74, 6) is 0.521. The van der Waals surface area contributed by atoms with E-state index in [9.17, 15) is 9.18 Å². The molecule has 26 heavy (non-hydrogen) atoms. The molecule has 0 aliphatic heterocycles. The molecule has 1 amide bonds. The number of rotatable bonds is 7. The number of amides is 1. The molecule has 1 heterocycles. The SMILES string of the molecule is COc1ccc(N(Cc2cccs2)C(=O)CSc2ccccc2F)cc1. The first-order valence-electron chi connectivity index (χ1n) is 8.01. The lowest BCUT2D eigenvalue weighted by molar-refractivity contribution is -0.116. The molecule has 0 aliphatic carbocycles. The Kier molecular flexibility index (Phi) is 6.30. The van der Waals surface area contributed by atoms with Crippen molar-refractivity contribution in [1.29, 1.82) is 0 Å². The number of ether oxygens (including phenoxy) is 1. The van der Waals surface area contributed by atoms with E-state index in [0.717, 1.165) is 16.3 Å². The van der Waals surface area contributed by atoms with Crippen molar-refractivity contribution in [2.45, 2.75) is 11.4 Å². The molecule has 0 atom stereocenters. The van der Waals surface area contributed by atoms with Crippen molar-refractivity contribution in [3.8, 4) is 5.75 Å². The first-order chi connectivity index (χ1) is 12.7. The van der Waals surface area contributed by atoms with Crippen molar-refractivity contribution in [3.05, 3.63) is 76.7 Å². The fourth-order valence-corrected chi connectivity index (χ4v) is 3.93. The normalized spacial score (nSPS) is 10.5. The van der Waals surface area contributed by atoms with Crippen LogP contribution in [0.2, 0.25) is 0 Å². The molecular formula is C20H18FNO2S2. The molecule has 0 radical (unpaired) electrons. The van der Waals surface area contributed by atoms with Crippen LogP contribution in [-0.4, -0.2) is 18.8 Å². The van der Waals surface area contributed by atoms with Crippen molar-refractivity contribution in [2.75, 3.05) is 17.8 Å². The highest BCUT2D eigenvalue weighted by atomic mass is 32.2. The van der Waals surface area contributed by atoms with Gasteiger partial charge in [0.2, 0.25) is 5.91 Å². The van der Waals surface area contributed by atoms with Crippen LogP contribution in [0.1, 0.15) is 4.88 Å². The van der Waals surface area contributed by atoms with Gasteiger partial charge in [0, 0.05) is 15.5 Å². The van der Waals surface area contributed by atoms with Gasteiger partial charge in [-0.25, -0.2) is 4.39 Å². The molecule has 2 aromatic carbocycles. The second-order valence-corrected chi connectivity index (χ2v) is 7.53. The number of halogens is 1. The van der Waals surface area contributed by atoms with Crippen LogP contribution in [0, 0.1) is 5.82 Å². The molecule has 1 aromatic heterocycles. The predicted octanol–water partition coefficient (Wildman–Crippen LogP) is 5.22. The number of thiophene rings is 1. The minimum absolute atomic E-state index is 0.0724. The molecule has 134 valence electrons. The highest BCUT2D eigenvalue weighted by Gasteiger charge is 2.18. The lowest BCUT2D eigenvalue weighted by Gasteiger charge is -2.22. The van der Waals surface area contributed by atoms with Crippen LogP contribution in [0.5, 0.6) is 5.75 Å². The standard InChI is InChI=1S/C20H18FNO2S2/c1-24-16-10-8-15(9-11-16)22(13-17-5-4-12-25-17)20(23)14-26-19-7-3-2-6-18(19)21/h2-12H,13-14H2,1H3. The molecule has 0 saturated heterocycles. The smallest absolute Gasteiger partial charge is 0.237 e. The number of thioether (sulfide) groups is 1. The third kappa shape index (κ3) is 4.65. The second-order valence-electron chi connectivity index (χ2n) is 5.48. The molecule has 0 N–H and O–H groups in total. The number of anilines is 1. The summed E-state index contributed by atoms with van der Waals surface area (Å²) in [7, 11) is 1.61. The van der Waals surface area contributed by atoms with Crippen LogP contribution in [0.15, 0.2) is 70.9 Å². The number of nitrogens with zero attached hydrogens (tertiary/aromatic N) is 1. The van der Waals surface area contributed by atoms with E-state index >= 15 is 0 Å². The molecule has 3 nitrogen and oxygen atoms in total. The Bertz CT molecular complexity index is 851. The fraction of sp³-hybridized carbons (Fsp3) is 0.150. The van der Waals surface area contributed by atoms with Crippen LogP contribution in [0.4, 0.5) is 10.1 Å². The fourth-order valence-electron chi connectivity index (χ4n) is 2.42. The minimum Gasteiger partial charge on any atom is -0.497 e. The summed E-state index contributed by atoms with van der Waals surface area (Å²) in [5, 5.41) is 1.99. The first kappa shape index (κ1) is 18.5. The lowest BCUT2D eigenvalue weighted by atomic mass is 10.2. The number of carbonyl (C=O) groups is 1. The second kappa shape index (κ2) is 8.87. The summed E-state index contributed by atoms with van der Waals surface area (Å²) < 4.78 is 19.0. The number of carbonyl (C=O) groups excluding carboxylic acids is 1. The predicted molar refractivity (Wildman–Crippen MR) is 106 cm³/mol. The van der Waals surface area contributed by atoms with E-state index in [1.165, 1.54) is 17.8 Å². The molecule has 3 aromatic rings. The molecular weight excluding hydrogens is 369 g/mol. The monoisotopic (exact) mass is 387 g/mol. The van der Waals surface area contributed by atoms with Gasteiger partial charge < -0.3 is 9.64 Å². The average molecular weight is 388 g/mol. The van der Waals surface area contributed by atoms with Crippen LogP contribution >= 0.6 is 23.1 Å². The average Bonchev–Trinajstić information content (AvgIpc) is 3.19. The Morgan fingerprint density at radius 2 is 1.88 bits per heavy atom. The van der Waals surface area contributed by atoms with Crippen molar-refractivity contribution in [1.82, 2.24) is 0 Å². The number of benzene rings is 2. The highest BCUT2D eigenvalue weighted by Crippen LogP contribution is 2.26. The summed E-state index contributed by atoms with van der Waals surface area (Å²) in [6.07, 6.45) is 0. The van der Waals surface area contributed by atoms with Gasteiger partial charge in [-0.3, -0.25) is 4.79 Å². The quantitative estimate of drug-likeness (QED) is 0.521. The Hall–Kier alpha value is -2.31. The zero-order chi connectivity index (χ0) is 18.4. The summed E-state index contributed by atoms with van der Waals surface area (Å²) in [6.45, 7) is 0.487. The Labute approximate surface area is 160 Å². The van der Waals surface area contributed by atoms with Gasteiger partial charge in [0.1, 0.15) is 11.6 Å². The maximum Gasteiger partial charge on any atom is 0.237 e. The van der Waals surface area contributed by atoms with Gasteiger partial charge in [0.05, 0.1) is 19.4 Å². The van der Waals surface area contributed by atoms with Crippen LogP contribution in [0.25, 0.3) is 0 Å². The van der Waals surface area contributed by atoms with Crippen molar-refractivity contribution in [2.24, 2.45) is 0 Å². The highest BCUT2D eigenvalue weighted by molar-refractivity contribution is 8.00. The summed E-state index contributed by atoms with van der Waals surface area (Å²) in [5.41, 5.74) is 0.790. The molecule has 0 bridgehead atoms. The van der Waals surface area contributed by atoms with E-state index in [2.05, 4.69) is 0 Å². The van der Waals surface area contributed by atoms with E-state index in [1.807, 2.05) is 41.8 Å². The lowest BCUT2D eigenvalue weighted by Crippen LogP contribution is -2.31. The van der Waals surface area contributed by atoms with Gasteiger partial charge in [0.25, 0.3) is 0 Å². The largest absolute Gasteiger partial charge is 0.497 e. The zero-order valence-corrected chi connectivity index (χ0v) is 15.9. The maximum atomic E-state index is 13.8. The van der Waals surface area contributed by atoms with Gasteiger partial charge in [-0.1, -0.05) is 18.2 Å². The number of hydrogen-bond acceptors (Lipinski definition) is 4. The van der Waals surface area contributed by atoms with Crippen LogP contribution in [-0.2, 0) is 11.3 Å². The molecule has 6 heteroatoms. The van der Waals surface area contributed by atoms with Gasteiger partial charge >= 0.3 is 0 Å². The van der Waals surface area contributed by atoms with Crippen molar-refractivity contribution < 1.29 is 13.9 Å². The van der Waals surface area contributed by atoms with E-state index < -0.39 is 0 Å². The molecule has 0 aliphatic rings. The minimum atomic E-state index is -0.306. The van der Waals surface area contributed by atoms with E-state index in [-0.39, 0.29) is 17.5 Å². The van der Waals surface area contributed by atoms with Crippen LogP contribution < -0.4 is 9.64 Å². The van der Waals surface area contributed by atoms with Crippen LogP contribution in [0.3, 0.4) is 0 Å². The van der Waals surface area contributed by atoms with Gasteiger partial charge in [0.15, 0.2) is 0 Å². The third-order valence-electron chi connectivity index (χ3n) is 3.77. The van der Waals surface area contributed by atoms with E-state index in [4.69, 9.17) is 4.74 Å². The van der Waals surface area contributed by atoms with Gasteiger partial charge in [-0.2, -0.15) is 0 Å². The zero-order valence-electron chi connectivity index (χ0n) is 14.2. The van der Waals surface area contributed by atoms with Gasteiger partial charge in [-0.15, -0.1) is 23.1 Å². The molecule has 0 fully saturated rings. The summed E-state index contributed by atoms with van der Waals surface area (Å²) >= 11 is 2.81. The molecule has 0 spiro atoms. The molecule has 3 rings (SSSR count). The summed E-state index contributed by atoms with van der Waals surface area (Å²) in [6, 6.07) is 17.8.